The molecule has 88 valence electrons. The Morgan fingerprint density at radius 3 is 2.44 bits per heavy atom. The van der Waals surface area contributed by atoms with Gasteiger partial charge in [0.25, 0.3) is 0 Å². The molecule has 0 aliphatic heterocycles. The van der Waals surface area contributed by atoms with Crippen molar-refractivity contribution in [2.75, 3.05) is 11.9 Å². The number of nitrogens with zero attached hydrogens (tertiary/aromatic N) is 2. The van der Waals surface area contributed by atoms with Crippen molar-refractivity contribution in [3.8, 4) is 0 Å². The molecule has 0 bridgehead atoms. The van der Waals surface area contributed by atoms with Gasteiger partial charge in [0, 0.05) is 22.2 Å². The first-order valence-electron chi connectivity index (χ1n) is 5.14. The lowest BCUT2D eigenvalue weighted by atomic mass is 9.95. The van der Waals surface area contributed by atoms with E-state index in [1.54, 1.807) is 18.1 Å². The first kappa shape index (κ1) is 13.4. The highest BCUT2D eigenvalue weighted by Crippen LogP contribution is 2.23. The van der Waals surface area contributed by atoms with Gasteiger partial charge in [0.2, 0.25) is 5.91 Å². The molecule has 1 aromatic heterocycles. The predicted molar refractivity (Wildman–Crippen MR) is 74.6 cm³/mol. The van der Waals surface area contributed by atoms with Crippen LogP contribution in [0.1, 0.15) is 26.3 Å². The predicted octanol–water partition coefficient (Wildman–Crippen LogP) is 3.00. The number of carbonyl (C=O) groups excluding carboxylic acids is 1. The molecule has 0 unspecified atom stereocenters. The van der Waals surface area contributed by atoms with Crippen LogP contribution in [0, 0.1) is 15.9 Å². The second-order valence-corrected chi connectivity index (χ2v) is 6.15. The molecule has 0 saturated carbocycles. The fraction of sp³-hybridized carbons (Fsp3) is 0.500. The molecule has 16 heavy (non-hydrogen) atoms. The lowest BCUT2D eigenvalue weighted by Crippen LogP contribution is -2.37. The van der Waals surface area contributed by atoms with Crippen molar-refractivity contribution in [1.29, 1.82) is 0 Å². The largest absolute Gasteiger partial charge is 0.299 e. The van der Waals surface area contributed by atoms with Crippen LogP contribution in [-0.4, -0.2) is 17.9 Å². The highest BCUT2D eigenvalue weighted by Gasteiger charge is 2.27. The molecule has 0 N–H and O–H groups in total. The average molecular weight is 332 g/mol. The fourth-order valence-electron chi connectivity index (χ4n) is 1.48. The third-order valence-electron chi connectivity index (χ3n) is 2.28. The third-order valence-corrected chi connectivity index (χ3v) is 2.87. The molecule has 3 nitrogen and oxygen atoms in total. The summed E-state index contributed by atoms with van der Waals surface area (Å²) in [4.78, 5) is 18.0. The number of aromatic nitrogens is 1. The summed E-state index contributed by atoms with van der Waals surface area (Å²) in [5.41, 5.74) is 0.637. The van der Waals surface area contributed by atoms with E-state index in [1.807, 2.05) is 33.8 Å². The Hall–Kier alpha value is -0.650. The molecule has 0 radical (unpaired) electrons. The second kappa shape index (κ2) is 4.69. The van der Waals surface area contributed by atoms with Crippen molar-refractivity contribution in [3.05, 3.63) is 21.4 Å². The number of halogens is 1. The maximum absolute atomic E-state index is 12.1. The van der Waals surface area contributed by atoms with Crippen LogP contribution in [0.5, 0.6) is 0 Å². The number of hydrogen-bond acceptors (Lipinski definition) is 2. The zero-order chi connectivity index (χ0) is 12.5. The maximum Gasteiger partial charge on any atom is 0.233 e. The highest BCUT2D eigenvalue weighted by molar-refractivity contribution is 14.1. The lowest BCUT2D eigenvalue weighted by molar-refractivity contribution is -0.125. The maximum atomic E-state index is 12.1. The van der Waals surface area contributed by atoms with Crippen LogP contribution in [0.25, 0.3) is 0 Å². The van der Waals surface area contributed by atoms with Crippen molar-refractivity contribution >= 4 is 34.3 Å². The SMILES string of the molecule is Cc1cc(I)cnc1N(C)C(=O)C(C)(C)C. The van der Waals surface area contributed by atoms with Crippen LogP contribution < -0.4 is 4.90 Å². The Morgan fingerprint density at radius 2 is 2.00 bits per heavy atom. The standard InChI is InChI=1S/C12H17IN2O/c1-8-6-9(13)7-14-10(8)15(5)11(16)12(2,3)4/h6-7H,1-5H3. The molecule has 0 aliphatic carbocycles. The molecule has 1 amide bonds. The molecule has 4 heteroatoms. The summed E-state index contributed by atoms with van der Waals surface area (Å²) in [6, 6.07) is 2.02. The summed E-state index contributed by atoms with van der Waals surface area (Å²) in [5, 5.41) is 0. The molecule has 0 atom stereocenters. The van der Waals surface area contributed by atoms with E-state index in [0.29, 0.717) is 0 Å². The quantitative estimate of drug-likeness (QED) is 0.741. The van der Waals surface area contributed by atoms with Crippen LogP contribution in [0.3, 0.4) is 0 Å². The highest BCUT2D eigenvalue weighted by atomic mass is 127. The number of aryl methyl sites for hydroxylation is 1. The second-order valence-electron chi connectivity index (χ2n) is 4.91. The monoisotopic (exact) mass is 332 g/mol. The Bertz CT molecular complexity index is 410. The van der Waals surface area contributed by atoms with Gasteiger partial charge < -0.3 is 0 Å². The number of hydrogen-bond donors (Lipinski definition) is 0. The number of amides is 1. The fourth-order valence-corrected chi connectivity index (χ4v) is 2.09. The van der Waals surface area contributed by atoms with E-state index in [9.17, 15) is 4.79 Å². The Labute approximate surface area is 110 Å². The Balaban J connectivity index is 3.06. The number of rotatable bonds is 1. The van der Waals surface area contributed by atoms with Crippen LogP contribution in [-0.2, 0) is 4.79 Å². The van der Waals surface area contributed by atoms with Crippen molar-refractivity contribution in [2.24, 2.45) is 5.41 Å². The molecule has 0 fully saturated rings. The minimum Gasteiger partial charge on any atom is -0.299 e. The van der Waals surface area contributed by atoms with E-state index in [1.165, 1.54) is 0 Å². The van der Waals surface area contributed by atoms with Crippen LogP contribution in [0.15, 0.2) is 12.3 Å². The minimum atomic E-state index is -0.383. The van der Waals surface area contributed by atoms with Crippen LogP contribution in [0.2, 0.25) is 0 Å². The molecule has 1 rings (SSSR count). The van der Waals surface area contributed by atoms with Crippen LogP contribution in [0.4, 0.5) is 5.82 Å². The number of carbonyl (C=O) groups is 1. The van der Waals surface area contributed by atoms with E-state index in [4.69, 9.17) is 0 Å². The molecule has 0 aromatic carbocycles. The zero-order valence-corrected chi connectivity index (χ0v) is 12.5. The van der Waals surface area contributed by atoms with Gasteiger partial charge in [-0.1, -0.05) is 20.8 Å². The van der Waals surface area contributed by atoms with E-state index in [2.05, 4.69) is 27.6 Å². The molecule has 0 saturated heterocycles. The van der Waals surface area contributed by atoms with Gasteiger partial charge in [0.1, 0.15) is 5.82 Å². The van der Waals surface area contributed by atoms with E-state index >= 15 is 0 Å². The van der Waals surface area contributed by atoms with Gasteiger partial charge in [0.05, 0.1) is 0 Å². The summed E-state index contributed by atoms with van der Waals surface area (Å²) >= 11 is 2.21. The van der Waals surface area contributed by atoms with E-state index < -0.39 is 0 Å². The molecule has 0 spiro atoms. The van der Waals surface area contributed by atoms with E-state index in [-0.39, 0.29) is 11.3 Å². The number of anilines is 1. The lowest BCUT2D eigenvalue weighted by Gasteiger charge is -2.26. The molecule has 1 heterocycles. The molecule has 0 aliphatic rings. The van der Waals surface area contributed by atoms with Crippen molar-refractivity contribution in [1.82, 2.24) is 4.98 Å². The summed E-state index contributed by atoms with van der Waals surface area (Å²) in [5.74, 6) is 0.810. The smallest absolute Gasteiger partial charge is 0.233 e. The topological polar surface area (TPSA) is 33.2 Å². The Morgan fingerprint density at radius 1 is 1.44 bits per heavy atom. The normalized spacial score (nSPS) is 11.4. The summed E-state index contributed by atoms with van der Waals surface area (Å²) < 4.78 is 1.08. The van der Waals surface area contributed by atoms with Crippen molar-refractivity contribution < 1.29 is 4.79 Å². The van der Waals surface area contributed by atoms with Crippen molar-refractivity contribution in [2.45, 2.75) is 27.7 Å². The first-order chi connectivity index (χ1) is 7.23. The van der Waals surface area contributed by atoms with Gasteiger partial charge in [-0.15, -0.1) is 0 Å². The van der Waals surface area contributed by atoms with Gasteiger partial charge in [-0.25, -0.2) is 4.98 Å². The van der Waals surface area contributed by atoms with Crippen molar-refractivity contribution in [3.63, 3.8) is 0 Å². The molecular weight excluding hydrogens is 315 g/mol. The average Bonchev–Trinajstić information content (AvgIpc) is 2.14. The summed E-state index contributed by atoms with van der Waals surface area (Å²) in [7, 11) is 1.77. The summed E-state index contributed by atoms with van der Waals surface area (Å²) in [6.07, 6.45) is 1.77. The van der Waals surface area contributed by atoms with Gasteiger partial charge >= 0.3 is 0 Å². The molecular formula is C12H17IN2O. The Kier molecular flexibility index (Phi) is 3.93. The van der Waals surface area contributed by atoms with Gasteiger partial charge in [-0.3, -0.25) is 9.69 Å². The van der Waals surface area contributed by atoms with Gasteiger partial charge in [-0.05, 0) is 41.1 Å². The first-order valence-corrected chi connectivity index (χ1v) is 6.21. The minimum absolute atomic E-state index is 0.0734. The van der Waals surface area contributed by atoms with Gasteiger partial charge in [-0.2, -0.15) is 0 Å². The third kappa shape index (κ3) is 2.93. The van der Waals surface area contributed by atoms with Crippen LogP contribution >= 0.6 is 22.6 Å². The number of pyridine rings is 1. The van der Waals surface area contributed by atoms with E-state index in [0.717, 1.165) is 15.0 Å². The zero-order valence-electron chi connectivity index (χ0n) is 10.3. The summed E-state index contributed by atoms with van der Waals surface area (Å²) in [6.45, 7) is 7.70. The molecule has 1 aromatic rings. The van der Waals surface area contributed by atoms with Gasteiger partial charge in [0.15, 0.2) is 0 Å².